The van der Waals surface area contributed by atoms with E-state index in [1.807, 2.05) is 13.8 Å². The van der Waals surface area contributed by atoms with Crippen LogP contribution in [0.25, 0.3) is 0 Å². The van der Waals surface area contributed by atoms with Crippen LogP contribution in [-0.4, -0.2) is 12.2 Å². The molecule has 1 atom stereocenters. The first-order valence-electron chi connectivity index (χ1n) is 4.71. The van der Waals surface area contributed by atoms with Gasteiger partial charge in [-0.3, -0.25) is 0 Å². The summed E-state index contributed by atoms with van der Waals surface area (Å²) in [7, 11) is 0. The van der Waals surface area contributed by atoms with Crippen molar-refractivity contribution >= 4 is 23.4 Å². The van der Waals surface area contributed by atoms with Gasteiger partial charge in [0.25, 0.3) is 0 Å². The molecule has 0 N–H and O–H groups in total. The maximum atomic E-state index is 10.1. The second-order valence-electron chi connectivity index (χ2n) is 3.15. The van der Waals surface area contributed by atoms with Crippen LogP contribution in [0.4, 0.5) is 5.69 Å². The molecule has 0 saturated carbocycles. The maximum absolute atomic E-state index is 10.1. The lowest BCUT2D eigenvalue weighted by Gasteiger charge is -2.13. The number of ether oxygens (including phenoxy) is 1. The molecule has 3 nitrogen and oxygen atoms in total. The Morgan fingerprint density at radius 1 is 1.60 bits per heavy atom. The van der Waals surface area contributed by atoms with Crippen molar-refractivity contribution in [2.75, 3.05) is 0 Å². The van der Waals surface area contributed by atoms with Gasteiger partial charge in [0.2, 0.25) is 6.08 Å². The van der Waals surface area contributed by atoms with E-state index in [9.17, 15) is 4.79 Å². The van der Waals surface area contributed by atoms with Crippen LogP contribution < -0.4 is 4.74 Å². The van der Waals surface area contributed by atoms with Crippen LogP contribution in [0, 0.1) is 0 Å². The molecule has 0 aliphatic rings. The molecule has 0 spiro atoms. The standard InChI is InChI=1S/C11H12ClNO2/c1-3-8(2)15-11-6-9(13-7-14)4-5-10(11)12/h4-6,8H,3H2,1-2H3. The summed E-state index contributed by atoms with van der Waals surface area (Å²) in [5.74, 6) is 0.544. The number of halogens is 1. The Morgan fingerprint density at radius 3 is 2.93 bits per heavy atom. The van der Waals surface area contributed by atoms with Gasteiger partial charge in [-0.05, 0) is 25.5 Å². The molecule has 80 valence electrons. The summed E-state index contributed by atoms with van der Waals surface area (Å²) >= 11 is 5.93. The van der Waals surface area contributed by atoms with Crippen LogP contribution in [-0.2, 0) is 4.79 Å². The minimum Gasteiger partial charge on any atom is -0.489 e. The Hall–Kier alpha value is -1.31. The topological polar surface area (TPSA) is 38.7 Å². The fourth-order valence-electron chi connectivity index (χ4n) is 1.00. The van der Waals surface area contributed by atoms with Crippen LogP contribution in [0.1, 0.15) is 20.3 Å². The first kappa shape index (κ1) is 11.8. The van der Waals surface area contributed by atoms with E-state index in [1.54, 1.807) is 18.2 Å². The summed E-state index contributed by atoms with van der Waals surface area (Å²) in [4.78, 5) is 13.6. The molecule has 0 aliphatic heterocycles. The molecule has 1 rings (SSSR count). The molecule has 0 fully saturated rings. The van der Waals surface area contributed by atoms with E-state index < -0.39 is 0 Å². The average molecular weight is 226 g/mol. The summed E-state index contributed by atoms with van der Waals surface area (Å²) in [6.07, 6.45) is 2.44. The Balaban J connectivity index is 2.94. The molecule has 1 aromatic carbocycles. The number of aliphatic imine (C=N–C) groups is 1. The normalized spacial score (nSPS) is 11.7. The highest BCUT2D eigenvalue weighted by Crippen LogP contribution is 2.30. The largest absolute Gasteiger partial charge is 0.489 e. The van der Waals surface area contributed by atoms with Gasteiger partial charge in [-0.1, -0.05) is 18.5 Å². The molecule has 0 radical (unpaired) electrons. The van der Waals surface area contributed by atoms with E-state index in [0.29, 0.717) is 16.5 Å². The second-order valence-corrected chi connectivity index (χ2v) is 3.56. The fourth-order valence-corrected chi connectivity index (χ4v) is 1.17. The molecule has 0 heterocycles. The number of isocyanates is 1. The number of carbonyl (C=O) groups excluding carboxylic acids is 1. The molecule has 0 saturated heterocycles. The zero-order valence-electron chi connectivity index (χ0n) is 8.66. The minimum atomic E-state index is 0.0814. The number of hydrogen-bond donors (Lipinski definition) is 0. The van der Waals surface area contributed by atoms with Gasteiger partial charge in [0.15, 0.2) is 0 Å². The van der Waals surface area contributed by atoms with E-state index in [4.69, 9.17) is 16.3 Å². The quantitative estimate of drug-likeness (QED) is 0.581. The number of hydrogen-bond acceptors (Lipinski definition) is 3. The third-order valence-electron chi connectivity index (χ3n) is 1.99. The van der Waals surface area contributed by atoms with E-state index in [2.05, 4.69) is 4.99 Å². The molecular weight excluding hydrogens is 214 g/mol. The van der Waals surface area contributed by atoms with Crippen molar-refractivity contribution in [3.8, 4) is 5.75 Å². The third-order valence-corrected chi connectivity index (χ3v) is 2.30. The van der Waals surface area contributed by atoms with Gasteiger partial charge in [0, 0.05) is 6.07 Å². The maximum Gasteiger partial charge on any atom is 0.240 e. The lowest BCUT2D eigenvalue weighted by molar-refractivity contribution is 0.217. The molecule has 0 bridgehead atoms. The Morgan fingerprint density at radius 2 is 2.33 bits per heavy atom. The van der Waals surface area contributed by atoms with Gasteiger partial charge in [0.05, 0.1) is 16.8 Å². The molecule has 4 heteroatoms. The first-order chi connectivity index (χ1) is 7.17. The Bertz CT molecular complexity index is 386. The van der Waals surface area contributed by atoms with Crippen molar-refractivity contribution in [3.05, 3.63) is 23.2 Å². The highest BCUT2D eigenvalue weighted by atomic mass is 35.5. The summed E-state index contributed by atoms with van der Waals surface area (Å²) in [5.41, 5.74) is 0.493. The average Bonchev–Trinajstić information content (AvgIpc) is 2.23. The van der Waals surface area contributed by atoms with Gasteiger partial charge in [-0.15, -0.1) is 0 Å². The second kappa shape index (κ2) is 5.54. The van der Waals surface area contributed by atoms with E-state index in [1.165, 1.54) is 6.08 Å². The van der Waals surface area contributed by atoms with Gasteiger partial charge >= 0.3 is 0 Å². The zero-order valence-corrected chi connectivity index (χ0v) is 9.41. The number of benzene rings is 1. The summed E-state index contributed by atoms with van der Waals surface area (Å²) in [5, 5.41) is 0.514. The van der Waals surface area contributed by atoms with Crippen LogP contribution in [0.3, 0.4) is 0 Å². The van der Waals surface area contributed by atoms with Gasteiger partial charge < -0.3 is 4.74 Å². The Kier molecular flexibility index (Phi) is 4.35. The van der Waals surface area contributed by atoms with Crippen molar-refractivity contribution in [1.82, 2.24) is 0 Å². The van der Waals surface area contributed by atoms with Crippen LogP contribution >= 0.6 is 11.6 Å². The van der Waals surface area contributed by atoms with Crippen LogP contribution in [0.15, 0.2) is 23.2 Å². The summed E-state index contributed by atoms with van der Waals surface area (Å²) in [6.45, 7) is 3.97. The van der Waals surface area contributed by atoms with E-state index in [-0.39, 0.29) is 6.10 Å². The molecule has 15 heavy (non-hydrogen) atoms. The molecule has 0 aromatic heterocycles. The van der Waals surface area contributed by atoms with Crippen molar-refractivity contribution in [2.45, 2.75) is 26.4 Å². The summed E-state index contributed by atoms with van der Waals surface area (Å²) in [6, 6.07) is 4.91. The molecule has 0 aliphatic carbocycles. The van der Waals surface area contributed by atoms with E-state index in [0.717, 1.165) is 6.42 Å². The van der Waals surface area contributed by atoms with Crippen LogP contribution in [0.5, 0.6) is 5.75 Å². The highest BCUT2D eigenvalue weighted by Gasteiger charge is 2.06. The lowest BCUT2D eigenvalue weighted by atomic mass is 10.3. The van der Waals surface area contributed by atoms with Crippen molar-refractivity contribution in [2.24, 2.45) is 4.99 Å². The smallest absolute Gasteiger partial charge is 0.240 e. The lowest BCUT2D eigenvalue weighted by Crippen LogP contribution is -2.09. The van der Waals surface area contributed by atoms with Gasteiger partial charge in [0.1, 0.15) is 5.75 Å². The molecular formula is C11H12ClNO2. The minimum absolute atomic E-state index is 0.0814. The highest BCUT2D eigenvalue weighted by molar-refractivity contribution is 6.32. The van der Waals surface area contributed by atoms with Gasteiger partial charge in [-0.25, -0.2) is 4.79 Å². The SMILES string of the molecule is CCC(C)Oc1cc(N=C=O)ccc1Cl. The van der Waals surface area contributed by atoms with Crippen LogP contribution in [0.2, 0.25) is 5.02 Å². The van der Waals surface area contributed by atoms with E-state index >= 15 is 0 Å². The predicted molar refractivity (Wildman–Crippen MR) is 59.6 cm³/mol. The van der Waals surface area contributed by atoms with Crippen molar-refractivity contribution < 1.29 is 9.53 Å². The summed E-state index contributed by atoms with van der Waals surface area (Å²) < 4.78 is 5.56. The fraction of sp³-hybridized carbons (Fsp3) is 0.364. The Labute approximate surface area is 93.7 Å². The van der Waals surface area contributed by atoms with Crippen molar-refractivity contribution in [3.63, 3.8) is 0 Å². The third kappa shape index (κ3) is 3.39. The molecule has 1 unspecified atom stereocenters. The van der Waals surface area contributed by atoms with Crippen molar-refractivity contribution in [1.29, 1.82) is 0 Å². The monoisotopic (exact) mass is 225 g/mol. The zero-order chi connectivity index (χ0) is 11.3. The number of nitrogens with zero attached hydrogens (tertiary/aromatic N) is 1. The predicted octanol–water partition coefficient (Wildman–Crippen LogP) is 3.48. The number of rotatable bonds is 4. The molecule has 0 amide bonds. The first-order valence-corrected chi connectivity index (χ1v) is 5.09. The van der Waals surface area contributed by atoms with Gasteiger partial charge in [-0.2, -0.15) is 4.99 Å². The molecule has 1 aromatic rings.